The molecule has 6 heteroatoms. The van der Waals surface area contributed by atoms with Crippen LogP contribution in [-0.2, 0) is 11.2 Å². The number of fused-ring (bicyclic) bond motifs is 2. The molecule has 1 amide bonds. The lowest BCUT2D eigenvalue weighted by molar-refractivity contribution is -0.116. The first-order valence-electron chi connectivity index (χ1n) is 8.38. The second kappa shape index (κ2) is 5.49. The number of H-pyrrole nitrogens is 1. The molecule has 0 atom stereocenters. The number of hydrogen-bond donors (Lipinski definition) is 1. The Morgan fingerprint density at radius 1 is 1.12 bits per heavy atom. The van der Waals surface area contributed by atoms with E-state index >= 15 is 0 Å². The zero-order chi connectivity index (χ0) is 17.7. The highest BCUT2D eigenvalue weighted by atomic mass is 16.2. The van der Waals surface area contributed by atoms with Crippen molar-refractivity contribution >= 4 is 28.3 Å². The smallest absolute Gasteiger partial charge is 0.238 e. The van der Waals surface area contributed by atoms with Crippen molar-refractivity contribution in [2.24, 2.45) is 0 Å². The maximum absolute atomic E-state index is 12.6. The third-order valence-electron chi connectivity index (χ3n) is 4.58. The molecule has 1 aromatic carbocycles. The number of hydrogen-bond acceptors (Lipinski definition) is 4. The van der Waals surface area contributed by atoms with Gasteiger partial charge in [-0.3, -0.25) is 19.7 Å². The summed E-state index contributed by atoms with van der Waals surface area (Å²) in [6.07, 6.45) is 5.41. The number of aromatic amines is 1. The van der Waals surface area contributed by atoms with Crippen molar-refractivity contribution in [1.29, 1.82) is 0 Å². The number of carbonyl (C=O) groups excluding carboxylic acids is 1. The summed E-state index contributed by atoms with van der Waals surface area (Å²) >= 11 is 0. The monoisotopic (exact) mass is 341 g/mol. The molecule has 26 heavy (non-hydrogen) atoms. The number of amides is 1. The predicted molar refractivity (Wildman–Crippen MR) is 99.1 cm³/mol. The number of carbonyl (C=O) groups is 1. The van der Waals surface area contributed by atoms with Crippen molar-refractivity contribution in [3.8, 4) is 11.3 Å². The summed E-state index contributed by atoms with van der Waals surface area (Å²) in [7, 11) is 0. The first-order valence-corrected chi connectivity index (χ1v) is 8.38. The normalized spacial score (nSPS) is 13.4. The van der Waals surface area contributed by atoms with E-state index in [0.717, 1.165) is 33.5 Å². The van der Waals surface area contributed by atoms with Crippen LogP contribution in [0.25, 0.3) is 22.2 Å². The Kier molecular flexibility index (Phi) is 3.12. The molecule has 0 saturated heterocycles. The van der Waals surface area contributed by atoms with Gasteiger partial charge in [0.2, 0.25) is 5.91 Å². The number of nitrogens with zero attached hydrogens (tertiary/aromatic N) is 4. The average Bonchev–Trinajstić information content (AvgIpc) is 3.19. The Bertz CT molecular complexity index is 1150. The van der Waals surface area contributed by atoms with Gasteiger partial charge in [0, 0.05) is 34.6 Å². The second-order valence-electron chi connectivity index (χ2n) is 6.39. The number of anilines is 2. The minimum absolute atomic E-state index is 0.0153. The van der Waals surface area contributed by atoms with Crippen LogP contribution in [0.2, 0.25) is 0 Å². The topological polar surface area (TPSA) is 74.8 Å². The lowest BCUT2D eigenvalue weighted by atomic mass is 10.2. The zero-order valence-electron chi connectivity index (χ0n) is 14.1. The predicted octanol–water partition coefficient (Wildman–Crippen LogP) is 3.55. The molecule has 0 saturated carbocycles. The highest BCUT2D eigenvalue weighted by molar-refractivity contribution is 6.07. The van der Waals surface area contributed by atoms with Crippen LogP contribution in [0.5, 0.6) is 0 Å². The van der Waals surface area contributed by atoms with Gasteiger partial charge < -0.3 is 4.98 Å². The van der Waals surface area contributed by atoms with Gasteiger partial charge in [0.1, 0.15) is 0 Å². The lowest BCUT2D eigenvalue weighted by Crippen LogP contribution is -2.21. The van der Waals surface area contributed by atoms with Crippen molar-refractivity contribution in [1.82, 2.24) is 19.9 Å². The van der Waals surface area contributed by atoms with Crippen LogP contribution in [0.15, 0.2) is 55.0 Å². The van der Waals surface area contributed by atoms with Crippen molar-refractivity contribution in [2.75, 3.05) is 4.90 Å². The summed E-state index contributed by atoms with van der Waals surface area (Å²) in [6, 6.07) is 11.8. The third kappa shape index (κ3) is 2.27. The van der Waals surface area contributed by atoms with Crippen LogP contribution >= 0.6 is 0 Å². The Balaban J connectivity index is 1.63. The van der Waals surface area contributed by atoms with Gasteiger partial charge in [0.05, 0.1) is 29.7 Å². The minimum atomic E-state index is -0.0153. The minimum Gasteiger partial charge on any atom is -0.359 e. The van der Waals surface area contributed by atoms with Gasteiger partial charge >= 0.3 is 0 Å². The number of rotatable bonds is 2. The van der Waals surface area contributed by atoms with Crippen LogP contribution in [0.3, 0.4) is 0 Å². The third-order valence-corrected chi connectivity index (χ3v) is 4.58. The first kappa shape index (κ1) is 14.8. The molecule has 0 unspecified atom stereocenters. The Labute approximate surface area is 149 Å². The fourth-order valence-corrected chi connectivity index (χ4v) is 3.38. The van der Waals surface area contributed by atoms with Crippen LogP contribution in [-0.4, -0.2) is 25.8 Å². The second-order valence-corrected chi connectivity index (χ2v) is 6.39. The molecular formula is C20H15N5O. The van der Waals surface area contributed by atoms with Gasteiger partial charge in [-0.15, -0.1) is 0 Å². The summed E-state index contributed by atoms with van der Waals surface area (Å²) in [5.74, 6) is 0.592. The molecule has 0 radical (unpaired) electrons. The number of aryl methyl sites for hydroxylation is 1. The zero-order valence-corrected chi connectivity index (χ0v) is 14.1. The summed E-state index contributed by atoms with van der Waals surface area (Å²) in [4.78, 5) is 30.8. The van der Waals surface area contributed by atoms with Crippen molar-refractivity contribution in [3.05, 3.63) is 66.4 Å². The van der Waals surface area contributed by atoms with E-state index in [0.29, 0.717) is 11.5 Å². The maximum atomic E-state index is 12.6. The van der Waals surface area contributed by atoms with E-state index in [1.165, 1.54) is 0 Å². The summed E-state index contributed by atoms with van der Waals surface area (Å²) < 4.78 is 0. The number of pyridine rings is 1. The fraction of sp³-hybridized carbons (Fsp3) is 0.100. The Hall–Kier alpha value is -3.54. The number of nitrogens with one attached hydrogen (secondary N) is 1. The van der Waals surface area contributed by atoms with E-state index in [9.17, 15) is 4.79 Å². The summed E-state index contributed by atoms with van der Waals surface area (Å²) in [6.45, 7) is 2.02. The molecule has 0 fully saturated rings. The molecule has 1 N–H and O–H groups in total. The fourth-order valence-electron chi connectivity index (χ4n) is 3.38. The van der Waals surface area contributed by atoms with E-state index in [-0.39, 0.29) is 12.3 Å². The van der Waals surface area contributed by atoms with E-state index in [1.807, 2.05) is 37.3 Å². The van der Waals surface area contributed by atoms with E-state index in [4.69, 9.17) is 4.98 Å². The van der Waals surface area contributed by atoms with Gasteiger partial charge in [-0.05, 0) is 43.3 Å². The molecule has 4 aromatic rings. The van der Waals surface area contributed by atoms with E-state index in [1.54, 1.807) is 23.5 Å². The molecule has 0 bridgehead atoms. The quantitative estimate of drug-likeness (QED) is 0.605. The molecule has 126 valence electrons. The van der Waals surface area contributed by atoms with Gasteiger partial charge in [0.15, 0.2) is 5.82 Å². The van der Waals surface area contributed by atoms with E-state index in [2.05, 4.69) is 21.0 Å². The van der Waals surface area contributed by atoms with Gasteiger partial charge in [-0.1, -0.05) is 0 Å². The summed E-state index contributed by atoms with van der Waals surface area (Å²) in [5, 5.41) is 1.07. The van der Waals surface area contributed by atoms with Crippen molar-refractivity contribution in [3.63, 3.8) is 0 Å². The molecule has 1 aliphatic rings. The number of benzene rings is 1. The standard InChI is InChI=1S/C20H15N5O/c1-12-8-14-9-15(2-3-16(14)23-12)25-19(26)10-17-20(25)24-18(11-22-17)13-4-6-21-7-5-13/h2-9,11,23H,10H2,1H3. The average molecular weight is 341 g/mol. The van der Waals surface area contributed by atoms with Crippen molar-refractivity contribution < 1.29 is 4.79 Å². The molecule has 3 aromatic heterocycles. The first-order chi connectivity index (χ1) is 12.7. The van der Waals surface area contributed by atoms with Gasteiger partial charge in [-0.2, -0.15) is 0 Å². The largest absolute Gasteiger partial charge is 0.359 e. The van der Waals surface area contributed by atoms with Crippen LogP contribution in [0.1, 0.15) is 11.4 Å². The molecule has 4 heterocycles. The molecule has 6 nitrogen and oxygen atoms in total. The molecule has 5 rings (SSSR count). The number of aromatic nitrogens is 4. The molecule has 0 spiro atoms. The molecular weight excluding hydrogens is 326 g/mol. The molecule has 0 aliphatic carbocycles. The Morgan fingerprint density at radius 3 is 2.81 bits per heavy atom. The van der Waals surface area contributed by atoms with E-state index < -0.39 is 0 Å². The maximum Gasteiger partial charge on any atom is 0.238 e. The summed E-state index contributed by atoms with van der Waals surface area (Å²) in [5.41, 5.74) is 5.30. The van der Waals surface area contributed by atoms with Crippen LogP contribution in [0.4, 0.5) is 11.5 Å². The lowest BCUT2D eigenvalue weighted by Gasteiger charge is -2.17. The highest BCUT2D eigenvalue weighted by Crippen LogP contribution is 2.35. The molecule has 1 aliphatic heterocycles. The van der Waals surface area contributed by atoms with Crippen LogP contribution < -0.4 is 4.90 Å². The Morgan fingerprint density at radius 2 is 1.96 bits per heavy atom. The van der Waals surface area contributed by atoms with Crippen LogP contribution in [0, 0.1) is 6.92 Å². The SMILES string of the molecule is Cc1cc2cc(N3C(=O)Cc4ncc(-c5ccncc5)nc43)ccc2[nH]1. The van der Waals surface area contributed by atoms with Gasteiger partial charge in [0.25, 0.3) is 0 Å². The highest BCUT2D eigenvalue weighted by Gasteiger charge is 2.32. The van der Waals surface area contributed by atoms with Gasteiger partial charge in [-0.25, -0.2) is 4.98 Å². The van der Waals surface area contributed by atoms with Crippen molar-refractivity contribution in [2.45, 2.75) is 13.3 Å².